The third-order valence-electron chi connectivity index (χ3n) is 2.33. The Bertz CT molecular complexity index is 339. The van der Waals surface area contributed by atoms with Crippen molar-refractivity contribution in [1.82, 2.24) is 0 Å². The molecule has 0 saturated carbocycles. The van der Waals surface area contributed by atoms with Crippen LogP contribution in [0, 0.1) is 0 Å². The Balaban J connectivity index is 2.39. The summed E-state index contributed by atoms with van der Waals surface area (Å²) in [6.07, 6.45) is 0. The van der Waals surface area contributed by atoms with Crippen LogP contribution in [0.2, 0.25) is 0 Å². The molecule has 0 atom stereocenters. The molecule has 1 aromatic carbocycles. The fourth-order valence-corrected chi connectivity index (χ4v) is 1.45. The van der Waals surface area contributed by atoms with E-state index in [2.05, 4.69) is 0 Å². The Hall–Kier alpha value is -1.06. The summed E-state index contributed by atoms with van der Waals surface area (Å²) < 4.78 is 10.5. The molecule has 0 spiro atoms. The van der Waals surface area contributed by atoms with Gasteiger partial charge in [-0.15, -0.1) is 0 Å². The summed E-state index contributed by atoms with van der Waals surface area (Å²) in [7, 11) is 0. The first-order valence-corrected chi connectivity index (χ1v) is 4.64. The minimum absolute atomic E-state index is 0.294. The van der Waals surface area contributed by atoms with Crippen LogP contribution in [0.1, 0.15) is 25.0 Å². The van der Waals surface area contributed by atoms with E-state index in [1.807, 2.05) is 18.2 Å². The van der Waals surface area contributed by atoms with Gasteiger partial charge in [-0.3, -0.25) is 0 Å². The maximum atomic E-state index is 9.80. The third kappa shape index (κ3) is 1.74. The number of rotatable bonds is 1. The Labute approximate surface area is 83.3 Å². The van der Waals surface area contributed by atoms with Crippen molar-refractivity contribution in [3.63, 3.8) is 0 Å². The molecular weight excluding hydrogens is 180 g/mol. The van der Waals surface area contributed by atoms with Crippen molar-refractivity contribution in [2.75, 3.05) is 6.79 Å². The van der Waals surface area contributed by atoms with Crippen LogP contribution in [-0.2, 0) is 16.9 Å². The summed E-state index contributed by atoms with van der Waals surface area (Å²) in [4.78, 5) is 0. The van der Waals surface area contributed by atoms with E-state index in [0.717, 1.165) is 16.9 Å². The van der Waals surface area contributed by atoms with Gasteiger partial charge in [0.05, 0.1) is 12.2 Å². The number of ether oxygens (including phenoxy) is 2. The highest BCUT2D eigenvalue weighted by Gasteiger charge is 2.19. The average molecular weight is 194 g/mol. The predicted octanol–water partition coefficient (Wildman–Crippen LogP) is 1.78. The average Bonchev–Trinajstić information content (AvgIpc) is 2.16. The van der Waals surface area contributed by atoms with Gasteiger partial charge in [-0.1, -0.05) is 12.1 Å². The molecule has 0 fully saturated rings. The topological polar surface area (TPSA) is 38.7 Å². The van der Waals surface area contributed by atoms with Gasteiger partial charge in [-0.05, 0) is 25.5 Å². The fourth-order valence-electron chi connectivity index (χ4n) is 1.45. The van der Waals surface area contributed by atoms with E-state index in [-0.39, 0.29) is 0 Å². The van der Waals surface area contributed by atoms with Crippen LogP contribution in [0.3, 0.4) is 0 Å². The van der Waals surface area contributed by atoms with Crippen molar-refractivity contribution in [3.05, 3.63) is 29.3 Å². The highest BCUT2D eigenvalue weighted by atomic mass is 16.7. The molecule has 1 aliphatic heterocycles. The molecule has 1 N–H and O–H groups in total. The zero-order valence-corrected chi connectivity index (χ0v) is 8.41. The van der Waals surface area contributed by atoms with E-state index in [4.69, 9.17) is 9.47 Å². The van der Waals surface area contributed by atoms with Gasteiger partial charge in [0.2, 0.25) is 0 Å². The zero-order valence-electron chi connectivity index (χ0n) is 8.41. The molecule has 2 rings (SSSR count). The maximum Gasteiger partial charge on any atom is 0.189 e. The van der Waals surface area contributed by atoms with Crippen LogP contribution in [0.25, 0.3) is 0 Å². The summed E-state index contributed by atoms with van der Waals surface area (Å²) in [5.74, 6) is 0.816. The van der Waals surface area contributed by atoms with Gasteiger partial charge in [-0.25, -0.2) is 0 Å². The highest BCUT2D eigenvalue weighted by Crippen LogP contribution is 2.29. The van der Waals surface area contributed by atoms with Gasteiger partial charge in [0, 0.05) is 5.56 Å². The zero-order chi connectivity index (χ0) is 10.2. The molecule has 1 aliphatic rings. The van der Waals surface area contributed by atoms with Gasteiger partial charge in [0.15, 0.2) is 6.79 Å². The minimum Gasteiger partial charge on any atom is -0.467 e. The third-order valence-corrected chi connectivity index (χ3v) is 2.33. The predicted molar refractivity (Wildman–Crippen MR) is 52.0 cm³/mol. The van der Waals surface area contributed by atoms with E-state index in [0.29, 0.717) is 13.4 Å². The van der Waals surface area contributed by atoms with E-state index >= 15 is 0 Å². The van der Waals surface area contributed by atoms with Crippen LogP contribution >= 0.6 is 0 Å². The van der Waals surface area contributed by atoms with Crippen LogP contribution < -0.4 is 4.74 Å². The lowest BCUT2D eigenvalue weighted by atomic mass is 9.97. The van der Waals surface area contributed by atoms with E-state index in [1.165, 1.54) is 0 Å². The normalized spacial score (nSPS) is 15.9. The smallest absolute Gasteiger partial charge is 0.189 e. The molecule has 0 radical (unpaired) electrons. The van der Waals surface area contributed by atoms with Gasteiger partial charge in [-0.2, -0.15) is 0 Å². The quantitative estimate of drug-likeness (QED) is 0.740. The molecule has 0 bridgehead atoms. The van der Waals surface area contributed by atoms with E-state index in [9.17, 15) is 5.11 Å². The Morgan fingerprint density at radius 2 is 2.14 bits per heavy atom. The second-order valence-electron chi connectivity index (χ2n) is 3.99. The number of hydrogen-bond acceptors (Lipinski definition) is 3. The monoisotopic (exact) mass is 194 g/mol. The van der Waals surface area contributed by atoms with Crippen molar-refractivity contribution >= 4 is 0 Å². The SMILES string of the molecule is CC(C)(O)c1ccc2c(c1)OCOC2. The standard InChI is InChI=1S/C11H14O3/c1-11(2,12)9-4-3-8-6-13-7-14-10(8)5-9/h3-5,12H,6-7H2,1-2H3. The van der Waals surface area contributed by atoms with Crippen molar-refractivity contribution in [1.29, 1.82) is 0 Å². The van der Waals surface area contributed by atoms with Crippen molar-refractivity contribution in [2.24, 2.45) is 0 Å². The highest BCUT2D eigenvalue weighted by molar-refractivity contribution is 5.39. The maximum absolute atomic E-state index is 9.80. The second kappa shape index (κ2) is 3.26. The fraction of sp³-hybridized carbons (Fsp3) is 0.455. The summed E-state index contributed by atoms with van der Waals surface area (Å²) in [6, 6.07) is 5.70. The first-order chi connectivity index (χ1) is 6.57. The molecule has 0 amide bonds. The second-order valence-corrected chi connectivity index (χ2v) is 3.99. The molecule has 0 saturated heterocycles. The van der Waals surface area contributed by atoms with Crippen molar-refractivity contribution in [3.8, 4) is 5.75 Å². The minimum atomic E-state index is -0.823. The lowest BCUT2D eigenvalue weighted by Gasteiger charge is -2.22. The molecule has 3 heteroatoms. The van der Waals surface area contributed by atoms with Gasteiger partial charge >= 0.3 is 0 Å². The number of aliphatic hydroxyl groups is 1. The number of hydrogen-bond donors (Lipinski definition) is 1. The van der Waals surface area contributed by atoms with Crippen molar-refractivity contribution in [2.45, 2.75) is 26.1 Å². The molecule has 3 nitrogen and oxygen atoms in total. The van der Waals surface area contributed by atoms with Gasteiger partial charge in [0.1, 0.15) is 5.75 Å². The summed E-state index contributed by atoms with van der Waals surface area (Å²) in [5.41, 5.74) is 1.07. The molecule has 0 unspecified atom stereocenters. The summed E-state index contributed by atoms with van der Waals surface area (Å²) in [6.45, 7) is 4.39. The Kier molecular flexibility index (Phi) is 2.21. The lowest BCUT2D eigenvalue weighted by molar-refractivity contribution is -0.0169. The molecule has 0 aromatic heterocycles. The van der Waals surface area contributed by atoms with E-state index in [1.54, 1.807) is 13.8 Å². The Morgan fingerprint density at radius 1 is 1.36 bits per heavy atom. The van der Waals surface area contributed by atoms with Crippen LogP contribution in [-0.4, -0.2) is 11.9 Å². The molecule has 14 heavy (non-hydrogen) atoms. The molecule has 76 valence electrons. The number of benzene rings is 1. The molecular formula is C11H14O3. The number of fused-ring (bicyclic) bond motifs is 1. The molecule has 0 aliphatic carbocycles. The summed E-state index contributed by atoms with van der Waals surface area (Å²) >= 11 is 0. The van der Waals surface area contributed by atoms with Crippen LogP contribution in [0.4, 0.5) is 0 Å². The lowest BCUT2D eigenvalue weighted by Crippen LogP contribution is -2.17. The molecule has 1 heterocycles. The molecule has 1 aromatic rings. The van der Waals surface area contributed by atoms with E-state index < -0.39 is 5.60 Å². The first kappa shape index (κ1) is 9.49. The first-order valence-electron chi connectivity index (χ1n) is 4.64. The van der Waals surface area contributed by atoms with Gasteiger partial charge < -0.3 is 14.6 Å². The van der Waals surface area contributed by atoms with Crippen LogP contribution in [0.15, 0.2) is 18.2 Å². The van der Waals surface area contributed by atoms with Gasteiger partial charge in [0.25, 0.3) is 0 Å². The van der Waals surface area contributed by atoms with Crippen molar-refractivity contribution < 1.29 is 14.6 Å². The summed E-state index contributed by atoms with van der Waals surface area (Å²) in [5, 5.41) is 9.80. The van der Waals surface area contributed by atoms with Crippen LogP contribution in [0.5, 0.6) is 5.75 Å². The Morgan fingerprint density at radius 3 is 2.86 bits per heavy atom. The largest absolute Gasteiger partial charge is 0.467 e.